The minimum atomic E-state index is -3.48. The fourth-order valence-corrected chi connectivity index (χ4v) is 4.06. The zero-order valence-electron chi connectivity index (χ0n) is 16.4. The van der Waals surface area contributed by atoms with Crippen molar-refractivity contribution in [1.82, 2.24) is 14.5 Å². The van der Waals surface area contributed by atoms with Gasteiger partial charge in [0.15, 0.2) is 5.11 Å². The molecule has 1 fully saturated rings. The predicted octanol–water partition coefficient (Wildman–Crippen LogP) is 1.58. The Hall–Kier alpha value is -1.26. The summed E-state index contributed by atoms with van der Waals surface area (Å²) in [4.78, 5) is 2.63. The van der Waals surface area contributed by atoms with E-state index in [9.17, 15) is 8.42 Å². The monoisotopic (exact) mass is 414 g/mol. The molecule has 1 aliphatic heterocycles. The summed E-state index contributed by atoms with van der Waals surface area (Å²) in [6.45, 7) is 8.67. The molecule has 1 heterocycles. The Morgan fingerprint density at radius 3 is 2.81 bits per heavy atom. The summed E-state index contributed by atoms with van der Waals surface area (Å²) in [6, 6.07) is 6.61. The molecule has 1 aromatic rings. The smallest absolute Gasteiger partial charge is 0.242 e. The van der Waals surface area contributed by atoms with Crippen LogP contribution in [0.5, 0.6) is 0 Å². The summed E-state index contributed by atoms with van der Waals surface area (Å²) < 4.78 is 31.5. The Kier molecular flexibility index (Phi) is 7.99. The van der Waals surface area contributed by atoms with Crippen LogP contribution < -0.4 is 10.6 Å². The van der Waals surface area contributed by atoms with E-state index in [-0.39, 0.29) is 11.0 Å². The van der Waals surface area contributed by atoms with Crippen molar-refractivity contribution in [2.24, 2.45) is 5.92 Å². The van der Waals surface area contributed by atoms with Crippen molar-refractivity contribution in [3.63, 3.8) is 0 Å². The van der Waals surface area contributed by atoms with E-state index >= 15 is 0 Å². The van der Waals surface area contributed by atoms with E-state index < -0.39 is 10.0 Å². The van der Waals surface area contributed by atoms with Crippen LogP contribution >= 0.6 is 12.2 Å². The maximum atomic E-state index is 12.2. The van der Waals surface area contributed by atoms with Gasteiger partial charge in [-0.15, -0.1) is 0 Å². The predicted molar refractivity (Wildman–Crippen MR) is 113 cm³/mol. The highest BCUT2D eigenvalue weighted by atomic mass is 32.2. The van der Waals surface area contributed by atoms with Crippen LogP contribution in [-0.4, -0.2) is 75.7 Å². The van der Waals surface area contributed by atoms with Gasteiger partial charge in [0.2, 0.25) is 10.0 Å². The number of hydrogen-bond acceptors (Lipinski definition) is 5. The van der Waals surface area contributed by atoms with Crippen molar-refractivity contribution < 1.29 is 13.2 Å². The molecule has 2 N–H and O–H groups in total. The van der Waals surface area contributed by atoms with Crippen LogP contribution in [0.15, 0.2) is 29.2 Å². The molecular weight excluding hydrogens is 384 g/mol. The zero-order valence-corrected chi connectivity index (χ0v) is 18.1. The Bertz CT molecular complexity index is 738. The molecule has 0 unspecified atom stereocenters. The van der Waals surface area contributed by atoms with Gasteiger partial charge in [0.1, 0.15) is 0 Å². The summed E-state index contributed by atoms with van der Waals surface area (Å²) in [5, 5.41) is 6.65. The highest BCUT2D eigenvalue weighted by Gasteiger charge is 2.21. The Morgan fingerprint density at radius 2 is 2.15 bits per heavy atom. The lowest BCUT2D eigenvalue weighted by atomic mass is 10.2. The van der Waals surface area contributed by atoms with E-state index in [0.717, 1.165) is 26.2 Å². The fraction of sp³-hybridized carbons (Fsp3) is 0.611. The number of ether oxygens (including phenoxy) is 1. The largest absolute Gasteiger partial charge is 0.374 e. The lowest BCUT2D eigenvalue weighted by molar-refractivity contribution is -0.0283. The third-order valence-electron chi connectivity index (χ3n) is 4.21. The molecule has 0 aliphatic carbocycles. The van der Waals surface area contributed by atoms with Crippen LogP contribution in [0.2, 0.25) is 0 Å². The third kappa shape index (κ3) is 6.69. The molecule has 9 heteroatoms. The van der Waals surface area contributed by atoms with E-state index in [0.29, 0.717) is 23.3 Å². The number of hydrogen-bond donors (Lipinski definition) is 2. The Morgan fingerprint density at radius 1 is 1.41 bits per heavy atom. The van der Waals surface area contributed by atoms with Crippen molar-refractivity contribution in [3.05, 3.63) is 24.3 Å². The first-order chi connectivity index (χ1) is 12.7. The van der Waals surface area contributed by atoms with Crippen molar-refractivity contribution in [1.29, 1.82) is 0 Å². The minimum absolute atomic E-state index is 0.0812. The number of sulfonamides is 1. The van der Waals surface area contributed by atoms with Crippen LogP contribution in [0, 0.1) is 5.92 Å². The van der Waals surface area contributed by atoms with Crippen molar-refractivity contribution >= 4 is 33.0 Å². The summed E-state index contributed by atoms with van der Waals surface area (Å²) in [7, 11) is -0.460. The number of nitrogens with one attached hydrogen (secondary N) is 2. The number of rotatable bonds is 7. The summed E-state index contributed by atoms with van der Waals surface area (Å²) in [5.74, 6) is 0.630. The lowest BCUT2D eigenvalue weighted by Gasteiger charge is -2.34. The molecular formula is C18H30N4O3S2. The second-order valence-corrected chi connectivity index (χ2v) is 9.86. The van der Waals surface area contributed by atoms with Gasteiger partial charge in [0.25, 0.3) is 0 Å². The van der Waals surface area contributed by atoms with Crippen molar-refractivity contribution in [2.45, 2.75) is 24.8 Å². The number of thiocarbonyl (C=S) groups is 1. The number of anilines is 1. The van der Waals surface area contributed by atoms with Crippen LogP contribution in [-0.2, 0) is 14.8 Å². The minimum Gasteiger partial charge on any atom is -0.374 e. The van der Waals surface area contributed by atoms with Gasteiger partial charge in [-0.3, -0.25) is 4.90 Å². The highest BCUT2D eigenvalue weighted by Crippen LogP contribution is 2.18. The summed E-state index contributed by atoms with van der Waals surface area (Å²) in [6.07, 6.45) is 0.0812. The maximum absolute atomic E-state index is 12.2. The van der Waals surface area contributed by atoms with Gasteiger partial charge in [-0.2, -0.15) is 0 Å². The van der Waals surface area contributed by atoms with E-state index in [1.807, 2.05) is 0 Å². The van der Waals surface area contributed by atoms with E-state index in [1.54, 1.807) is 24.3 Å². The molecule has 0 saturated carbocycles. The van der Waals surface area contributed by atoms with Crippen LogP contribution in [0.3, 0.4) is 0 Å². The molecule has 0 spiro atoms. The molecule has 1 aliphatic rings. The standard InChI is InChI=1S/C18H30N4O3S2/c1-14(2)12-22-8-9-25-16(13-22)11-19-18(26)20-15-6-5-7-17(10-15)27(23,24)21(3)4/h5-7,10,14,16H,8-9,11-13H2,1-4H3,(H2,19,20,26)/t16-/m1/s1. The van der Waals surface area contributed by atoms with Crippen molar-refractivity contribution in [2.75, 3.05) is 52.2 Å². The van der Waals surface area contributed by atoms with Gasteiger partial charge < -0.3 is 15.4 Å². The quantitative estimate of drug-likeness (QED) is 0.656. The average molecular weight is 415 g/mol. The maximum Gasteiger partial charge on any atom is 0.242 e. The SMILES string of the molecule is CC(C)CN1CCO[C@H](CNC(=S)Nc2cccc(S(=O)(=O)N(C)C)c2)C1. The number of nitrogens with zero attached hydrogens (tertiary/aromatic N) is 2. The highest BCUT2D eigenvalue weighted by molar-refractivity contribution is 7.89. The van der Waals surface area contributed by atoms with E-state index in [1.165, 1.54) is 18.4 Å². The molecule has 0 bridgehead atoms. The molecule has 0 amide bonds. The number of benzene rings is 1. The van der Waals surface area contributed by atoms with Crippen molar-refractivity contribution in [3.8, 4) is 0 Å². The lowest BCUT2D eigenvalue weighted by Crippen LogP contribution is -2.48. The molecule has 0 radical (unpaired) electrons. The van der Waals surface area contributed by atoms with Gasteiger partial charge in [-0.1, -0.05) is 19.9 Å². The molecule has 152 valence electrons. The fourth-order valence-electron chi connectivity index (χ4n) is 2.91. The average Bonchev–Trinajstić information content (AvgIpc) is 2.60. The summed E-state index contributed by atoms with van der Waals surface area (Å²) in [5.41, 5.74) is 0.626. The first-order valence-corrected chi connectivity index (χ1v) is 10.9. The van der Waals surface area contributed by atoms with E-state index in [2.05, 4.69) is 29.4 Å². The van der Waals surface area contributed by atoms with E-state index in [4.69, 9.17) is 17.0 Å². The van der Waals surface area contributed by atoms with Crippen LogP contribution in [0.1, 0.15) is 13.8 Å². The molecule has 1 saturated heterocycles. The first-order valence-electron chi connectivity index (χ1n) is 9.10. The molecule has 1 aromatic carbocycles. The summed E-state index contributed by atoms with van der Waals surface area (Å²) >= 11 is 5.34. The second kappa shape index (κ2) is 9.79. The third-order valence-corrected chi connectivity index (χ3v) is 6.26. The second-order valence-electron chi connectivity index (χ2n) is 7.30. The van der Waals surface area contributed by atoms with Crippen LogP contribution in [0.25, 0.3) is 0 Å². The Balaban J connectivity index is 1.87. The van der Waals surface area contributed by atoms with Gasteiger partial charge in [-0.25, -0.2) is 12.7 Å². The van der Waals surface area contributed by atoms with Gasteiger partial charge in [-0.05, 0) is 36.3 Å². The molecule has 27 heavy (non-hydrogen) atoms. The van der Waals surface area contributed by atoms with Gasteiger partial charge in [0.05, 0.1) is 17.6 Å². The Labute approximate surface area is 168 Å². The zero-order chi connectivity index (χ0) is 20.0. The first kappa shape index (κ1) is 22.0. The van der Waals surface area contributed by atoms with Gasteiger partial charge >= 0.3 is 0 Å². The topological polar surface area (TPSA) is 73.9 Å². The normalized spacial score (nSPS) is 18.7. The van der Waals surface area contributed by atoms with Crippen LogP contribution in [0.4, 0.5) is 5.69 Å². The van der Waals surface area contributed by atoms with Gasteiger partial charge in [0, 0.05) is 46.0 Å². The molecule has 1 atom stereocenters. The number of morpholine rings is 1. The molecule has 7 nitrogen and oxygen atoms in total. The molecule has 0 aromatic heterocycles. The molecule has 2 rings (SSSR count).